The number of aliphatic hydroxyl groups excluding tert-OH is 1. The molecule has 138 valence electrons. The smallest absolute Gasteiger partial charge is 0.119 e. The molecule has 2 aromatic rings. The number of rotatable bonds is 10. The van der Waals surface area contributed by atoms with Gasteiger partial charge in [0.2, 0.25) is 0 Å². The molecule has 0 saturated carbocycles. The van der Waals surface area contributed by atoms with Crippen molar-refractivity contribution < 1.29 is 14.6 Å². The molecule has 2 aromatic carbocycles. The topological polar surface area (TPSA) is 50.7 Å². The summed E-state index contributed by atoms with van der Waals surface area (Å²) in [6, 6.07) is 18.6. The molecule has 2 rings (SSSR count). The minimum atomic E-state index is 0. The van der Waals surface area contributed by atoms with Gasteiger partial charge < -0.3 is 19.9 Å². The average molecular weight is 366 g/mol. The molecular weight excluding hydrogens is 338 g/mol. The van der Waals surface area contributed by atoms with E-state index < -0.39 is 0 Å². The first-order chi connectivity index (χ1) is 11.7. The zero-order valence-electron chi connectivity index (χ0n) is 14.9. The fraction of sp³-hybridized carbons (Fsp3) is 0.400. The molecule has 5 heteroatoms. The number of ether oxygens (including phenoxy) is 2. The maximum absolute atomic E-state index is 8.76. The molecule has 0 saturated heterocycles. The van der Waals surface area contributed by atoms with Gasteiger partial charge in [-0.3, -0.25) is 0 Å². The standard InChI is InChI=1S/C20H27NO3.ClH/c1-16(14-17-8-10-19(11-9-17)24-13-12-22)21-15-20(23-2)18-6-4-3-5-7-18;/h3-11,16,20-22H,12-15H2,1-2H3;1H. The van der Waals surface area contributed by atoms with Crippen LogP contribution in [0.15, 0.2) is 54.6 Å². The molecule has 0 aliphatic heterocycles. The fourth-order valence-electron chi connectivity index (χ4n) is 2.62. The molecule has 25 heavy (non-hydrogen) atoms. The molecule has 2 N–H and O–H groups in total. The molecule has 0 aliphatic rings. The number of hydrogen-bond donors (Lipinski definition) is 2. The van der Waals surface area contributed by atoms with Crippen molar-refractivity contribution in [3.8, 4) is 5.75 Å². The van der Waals surface area contributed by atoms with Crippen LogP contribution >= 0.6 is 12.4 Å². The summed E-state index contributed by atoms with van der Waals surface area (Å²) in [4.78, 5) is 0. The van der Waals surface area contributed by atoms with Crippen molar-refractivity contribution in [1.82, 2.24) is 5.32 Å². The SMILES string of the molecule is COC(CNC(C)Cc1ccc(OCCO)cc1)c1ccccc1.Cl. The summed E-state index contributed by atoms with van der Waals surface area (Å²) in [5.41, 5.74) is 2.44. The van der Waals surface area contributed by atoms with E-state index in [1.165, 1.54) is 11.1 Å². The van der Waals surface area contributed by atoms with Gasteiger partial charge in [-0.2, -0.15) is 0 Å². The van der Waals surface area contributed by atoms with Gasteiger partial charge in [0, 0.05) is 19.7 Å². The van der Waals surface area contributed by atoms with Gasteiger partial charge >= 0.3 is 0 Å². The molecule has 0 bridgehead atoms. The monoisotopic (exact) mass is 365 g/mol. The second kappa shape index (κ2) is 11.9. The van der Waals surface area contributed by atoms with Gasteiger partial charge in [0.05, 0.1) is 12.7 Å². The second-order valence-electron chi connectivity index (χ2n) is 5.86. The molecule has 0 fully saturated rings. The molecule has 0 spiro atoms. The lowest BCUT2D eigenvalue weighted by atomic mass is 10.1. The predicted octanol–water partition coefficient (Wildman–Crippen LogP) is 3.39. The summed E-state index contributed by atoms with van der Waals surface area (Å²) in [7, 11) is 1.75. The van der Waals surface area contributed by atoms with Gasteiger partial charge in [-0.25, -0.2) is 0 Å². The van der Waals surface area contributed by atoms with Gasteiger partial charge in [-0.05, 0) is 36.6 Å². The molecule has 0 aromatic heterocycles. The molecular formula is C20H28ClNO3. The van der Waals surface area contributed by atoms with E-state index in [-0.39, 0.29) is 25.1 Å². The minimum absolute atomic E-state index is 0. The van der Waals surface area contributed by atoms with E-state index in [4.69, 9.17) is 14.6 Å². The van der Waals surface area contributed by atoms with Crippen molar-refractivity contribution in [2.24, 2.45) is 0 Å². The lowest BCUT2D eigenvalue weighted by Crippen LogP contribution is -2.32. The summed E-state index contributed by atoms with van der Waals surface area (Å²) in [6.45, 7) is 3.31. The summed E-state index contributed by atoms with van der Waals surface area (Å²) in [5, 5.41) is 12.3. The number of nitrogens with one attached hydrogen (secondary N) is 1. The van der Waals surface area contributed by atoms with Crippen LogP contribution in [0.25, 0.3) is 0 Å². The number of aliphatic hydroxyl groups is 1. The normalized spacial score (nSPS) is 12.9. The molecule has 0 radical (unpaired) electrons. The van der Waals surface area contributed by atoms with Crippen LogP contribution in [0.1, 0.15) is 24.2 Å². The van der Waals surface area contributed by atoms with Crippen LogP contribution in [0.4, 0.5) is 0 Å². The van der Waals surface area contributed by atoms with E-state index in [0.29, 0.717) is 12.6 Å². The number of benzene rings is 2. The van der Waals surface area contributed by atoms with Gasteiger partial charge in [-0.1, -0.05) is 42.5 Å². The summed E-state index contributed by atoms with van der Waals surface area (Å²) < 4.78 is 11.0. The molecule has 2 unspecified atom stereocenters. The molecule has 0 aliphatic carbocycles. The fourth-order valence-corrected chi connectivity index (χ4v) is 2.62. The van der Waals surface area contributed by atoms with Crippen molar-refractivity contribution in [3.05, 3.63) is 65.7 Å². The molecule has 0 amide bonds. The highest BCUT2D eigenvalue weighted by Crippen LogP contribution is 2.16. The van der Waals surface area contributed by atoms with Crippen LogP contribution in [0.5, 0.6) is 5.75 Å². The van der Waals surface area contributed by atoms with Crippen molar-refractivity contribution in [2.45, 2.75) is 25.5 Å². The van der Waals surface area contributed by atoms with E-state index in [9.17, 15) is 0 Å². The predicted molar refractivity (Wildman–Crippen MR) is 104 cm³/mol. The third-order valence-electron chi connectivity index (χ3n) is 3.93. The van der Waals surface area contributed by atoms with Gasteiger partial charge in [0.1, 0.15) is 12.4 Å². The lowest BCUT2D eigenvalue weighted by Gasteiger charge is -2.20. The Morgan fingerprint density at radius 3 is 2.32 bits per heavy atom. The lowest BCUT2D eigenvalue weighted by molar-refractivity contribution is 0.0999. The van der Waals surface area contributed by atoms with Crippen molar-refractivity contribution in [3.63, 3.8) is 0 Å². The Balaban J connectivity index is 0.00000312. The summed E-state index contributed by atoms with van der Waals surface area (Å²) in [6.07, 6.45) is 0.994. The Bertz CT molecular complexity index is 577. The van der Waals surface area contributed by atoms with E-state index in [0.717, 1.165) is 18.7 Å². The maximum atomic E-state index is 8.76. The third-order valence-corrected chi connectivity index (χ3v) is 3.93. The molecule has 4 nitrogen and oxygen atoms in total. The summed E-state index contributed by atoms with van der Waals surface area (Å²) >= 11 is 0. The highest BCUT2D eigenvalue weighted by Gasteiger charge is 2.11. The Morgan fingerprint density at radius 1 is 1.04 bits per heavy atom. The highest BCUT2D eigenvalue weighted by molar-refractivity contribution is 5.85. The van der Waals surface area contributed by atoms with Gasteiger partial charge in [0.15, 0.2) is 0 Å². The largest absolute Gasteiger partial charge is 0.491 e. The van der Waals surface area contributed by atoms with Crippen molar-refractivity contribution >= 4 is 12.4 Å². The van der Waals surface area contributed by atoms with E-state index in [2.05, 4.69) is 36.5 Å². The number of hydrogen-bond acceptors (Lipinski definition) is 4. The van der Waals surface area contributed by atoms with Crippen LogP contribution in [-0.2, 0) is 11.2 Å². The Labute approximate surface area is 156 Å². The molecule has 0 heterocycles. The van der Waals surface area contributed by atoms with Crippen LogP contribution in [0.3, 0.4) is 0 Å². The van der Waals surface area contributed by atoms with Crippen LogP contribution in [-0.4, -0.2) is 38.0 Å². The van der Waals surface area contributed by atoms with E-state index in [1.807, 2.05) is 30.3 Å². The Kier molecular flexibility index (Phi) is 10.2. The minimum Gasteiger partial charge on any atom is -0.491 e. The van der Waals surface area contributed by atoms with Crippen molar-refractivity contribution in [2.75, 3.05) is 26.9 Å². The Hall–Kier alpha value is -1.59. The average Bonchev–Trinajstić information content (AvgIpc) is 2.62. The number of methoxy groups -OCH3 is 1. The maximum Gasteiger partial charge on any atom is 0.119 e. The third kappa shape index (κ3) is 7.45. The van der Waals surface area contributed by atoms with E-state index in [1.54, 1.807) is 7.11 Å². The first-order valence-corrected chi connectivity index (χ1v) is 8.36. The highest BCUT2D eigenvalue weighted by atomic mass is 35.5. The van der Waals surface area contributed by atoms with Crippen LogP contribution < -0.4 is 10.1 Å². The zero-order chi connectivity index (χ0) is 17.2. The van der Waals surface area contributed by atoms with Crippen LogP contribution in [0, 0.1) is 0 Å². The van der Waals surface area contributed by atoms with Crippen LogP contribution in [0.2, 0.25) is 0 Å². The Morgan fingerprint density at radius 2 is 1.72 bits per heavy atom. The quantitative estimate of drug-likeness (QED) is 0.677. The van der Waals surface area contributed by atoms with Gasteiger partial charge in [-0.15, -0.1) is 12.4 Å². The molecule has 2 atom stereocenters. The van der Waals surface area contributed by atoms with Gasteiger partial charge in [0.25, 0.3) is 0 Å². The first-order valence-electron chi connectivity index (χ1n) is 8.36. The first kappa shape index (κ1) is 21.5. The zero-order valence-corrected chi connectivity index (χ0v) is 15.7. The van der Waals surface area contributed by atoms with Crippen molar-refractivity contribution in [1.29, 1.82) is 0 Å². The second-order valence-corrected chi connectivity index (χ2v) is 5.86. The van der Waals surface area contributed by atoms with E-state index >= 15 is 0 Å². The summed E-state index contributed by atoms with van der Waals surface area (Å²) in [5.74, 6) is 0.789. The number of halogens is 1.